The smallest absolute Gasteiger partial charge is 0.191 e. The molecule has 2 unspecified atom stereocenters. The third-order valence-electron chi connectivity index (χ3n) is 3.92. The third-order valence-corrected chi connectivity index (χ3v) is 5.02. The maximum absolute atomic E-state index is 5.56. The summed E-state index contributed by atoms with van der Waals surface area (Å²) in [5.41, 5.74) is 0. The summed E-state index contributed by atoms with van der Waals surface area (Å²) in [6.07, 6.45) is 8.28. The Labute approximate surface area is 169 Å². The number of aliphatic imine (C=N–C) groups is 1. The highest BCUT2D eigenvalue weighted by Crippen LogP contribution is 2.27. The second kappa shape index (κ2) is 16.7. The van der Waals surface area contributed by atoms with Crippen molar-refractivity contribution in [2.45, 2.75) is 57.2 Å². The molecule has 1 rings (SSSR count). The Balaban J connectivity index is 0.00000529. The Morgan fingerprint density at radius 3 is 2.50 bits per heavy atom. The zero-order chi connectivity index (χ0) is 16.8. The van der Waals surface area contributed by atoms with E-state index in [4.69, 9.17) is 9.47 Å². The van der Waals surface area contributed by atoms with E-state index in [1.165, 1.54) is 25.7 Å². The van der Waals surface area contributed by atoms with E-state index < -0.39 is 0 Å². The molecule has 0 aromatic carbocycles. The quantitative estimate of drug-likeness (QED) is 0.197. The number of hydrogen-bond acceptors (Lipinski definition) is 4. The normalized spacial score (nSPS) is 20.7. The molecule has 2 N–H and O–H groups in total. The Kier molecular flexibility index (Phi) is 16.9. The van der Waals surface area contributed by atoms with Crippen LogP contribution < -0.4 is 10.6 Å². The number of nitrogens with one attached hydrogen (secondary N) is 2. The van der Waals surface area contributed by atoms with Gasteiger partial charge in [0.25, 0.3) is 0 Å². The van der Waals surface area contributed by atoms with Gasteiger partial charge in [-0.1, -0.05) is 13.3 Å². The number of nitrogens with zero attached hydrogens (tertiary/aromatic N) is 1. The summed E-state index contributed by atoms with van der Waals surface area (Å²) in [5, 5.41) is 7.67. The summed E-state index contributed by atoms with van der Waals surface area (Å²) in [4.78, 5) is 4.60. The minimum Gasteiger partial charge on any atom is -0.379 e. The first-order valence-corrected chi connectivity index (χ1v) is 10.3. The molecular weight excluding hydrogens is 437 g/mol. The second-order valence-electron chi connectivity index (χ2n) is 5.85. The first kappa shape index (κ1) is 24.3. The van der Waals surface area contributed by atoms with Crippen LogP contribution in [-0.2, 0) is 9.47 Å². The third kappa shape index (κ3) is 11.8. The molecule has 0 aromatic rings. The summed E-state index contributed by atoms with van der Waals surface area (Å²) >= 11 is 1.98. The molecule has 0 heterocycles. The molecular formula is C17H36IN3O2S. The monoisotopic (exact) mass is 473 g/mol. The molecule has 0 radical (unpaired) electrons. The van der Waals surface area contributed by atoms with Crippen LogP contribution in [0.25, 0.3) is 0 Å². The number of rotatable bonds is 12. The molecule has 0 saturated heterocycles. The van der Waals surface area contributed by atoms with Gasteiger partial charge in [-0.2, -0.15) is 11.8 Å². The number of ether oxygens (including phenoxy) is 2. The van der Waals surface area contributed by atoms with Crippen LogP contribution in [0.4, 0.5) is 0 Å². The van der Waals surface area contributed by atoms with Gasteiger partial charge in [0.05, 0.1) is 26.4 Å². The molecule has 7 heteroatoms. The lowest BCUT2D eigenvalue weighted by Gasteiger charge is -2.17. The average molecular weight is 473 g/mol. The van der Waals surface area contributed by atoms with Gasteiger partial charge in [-0.3, -0.25) is 4.99 Å². The first-order valence-electron chi connectivity index (χ1n) is 9.03. The Hall–Kier alpha value is 0.270. The van der Waals surface area contributed by atoms with Crippen molar-refractivity contribution in [2.24, 2.45) is 4.99 Å². The molecule has 1 aliphatic rings. The van der Waals surface area contributed by atoms with Gasteiger partial charge in [-0.15, -0.1) is 24.0 Å². The van der Waals surface area contributed by atoms with Crippen molar-refractivity contribution >= 4 is 41.7 Å². The van der Waals surface area contributed by atoms with Gasteiger partial charge >= 0.3 is 0 Å². The Morgan fingerprint density at radius 1 is 1.12 bits per heavy atom. The predicted molar refractivity (Wildman–Crippen MR) is 116 cm³/mol. The van der Waals surface area contributed by atoms with Crippen LogP contribution in [0.15, 0.2) is 4.99 Å². The SMILES string of the molecule is CCCCOCCOCCN=C(NCC)NC1CCC(SC)C1.I. The van der Waals surface area contributed by atoms with Gasteiger partial charge in [0.15, 0.2) is 5.96 Å². The highest BCUT2D eigenvalue weighted by Gasteiger charge is 2.24. The summed E-state index contributed by atoms with van der Waals surface area (Å²) in [5.74, 6) is 0.919. The lowest BCUT2D eigenvalue weighted by molar-refractivity contribution is 0.0497. The molecule has 0 aromatic heterocycles. The summed E-state index contributed by atoms with van der Waals surface area (Å²) < 4.78 is 11.0. The van der Waals surface area contributed by atoms with E-state index in [0.717, 1.165) is 30.8 Å². The molecule has 1 aliphatic carbocycles. The van der Waals surface area contributed by atoms with Crippen LogP contribution in [0.1, 0.15) is 46.0 Å². The van der Waals surface area contributed by atoms with Crippen LogP contribution in [0.5, 0.6) is 0 Å². The van der Waals surface area contributed by atoms with E-state index in [-0.39, 0.29) is 24.0 Å². The number of unbranched alkanes of at least 4 members (excludes halogenated alkanes) is 1. The standard InChI is InChI=1S/C17H35N3O2S.HI/c1-4-6-10-21-12-13-22-11-9-19-17(18-5-2)20-15-7-8-16(14-15)23-3;/h15-16H,4-14H2,1-3H3,(H2,18,19,20);1H. The fraction of sp³-hybridized carbons (Fsp3) is 0.941. The zero-order valence-electron chi connectivity index (χ0n) is 15.5. The number of guanidine groups is 1. The summed E-state index contributed by atoms with van der Waals surface area (Å²) in [7, 11) is 0. The van der Waals surface area contributed by atoms with Crippen LogP contribution in [0.3, 0.4) is 0 Å². The van der Waals surface area contributed by atoms with E-state index in [1.54, 1.807) is 0 Å². The molecule has 144 valence electrons. The van der Waals surface area contributed by atoms with Gasteiger partial charge in [0, 0.05) is 24.4 Å². The van der Waals surface area contributed by atoms with E-state index in [2.05, 4.69) is 35.7 Å². The Bertz CT molecular complexity index is 322. The van der Waals surface area contributed by atoms with Crippen molar-refractivity contribution in [3.63, 3.8) is 0 Å². The van der Waals surface area contributed by atoms with Gasteiger partial charge < -0.3 is 20.1 Å². The molecule has 1 saturated carbocycles. The number of halogens is 1. The van der Waals surface area contributed by atoms with E-state index in [1.807, 2.05) is 11.8 Å². The largest absolute Gasteiger partial charge is 0.379 e. The highest BCUT2D eigenvalue weighted by molar-refractivity contribution is 14.0. The molecule has 0 aliphatic heterocycles. The van der Waals surface area contributed by atoms with Crippen LogP contribution in [0, 0.1) is 0 Å². The van der Waals surface area contributed by atoms with Crippen molar-refractivity contribution in [3.8, 4) is 0 Å². The zero-order valence-corrected chi connectivity index (χ0v) is 18.7. The molecule has 24 heavy (non-hydrogen) atoms. The maximum Gasteiger partial charge on any atom is 0.191 e. The lowest BCUT2D eigenvalue weighted by atomic mass is 10.2. The number of thioether (sulfide) groups is 1. The van der Waals surface area contributed by atoms with Crippen molar-refractivity contribution in [1.29, 1.82) is 0 Å². The molecule has 0 spiro atoms. The molecule has 0 amide bonds. The predicted octanol–water partition coefficient (Wildman–Crippen LogP) is 3.28. The van der Waals surface area contributed by atoms with Crippen molar-refractivity contribution in [1.82, 2.24) is 10.6 Å². The minimum absolute atomic E-state index is 0. The number of hydrogen-bond donors (Lipinski definition) is 2. The molecule has 2 atom stereocenters. The minimum atomic E-state index is 0. The Morgan fingerprint density at radius 2 is 1.88 bits per heavy atom. The molecule has 5 nitrogen and oxygen atoms in total. The van der Waals surface area contributed by atoms with Crippen LogP contribution in [-0.4, -0.2) is 63.0 Å². The fourth-order valence-electron chi connectivity index (χ4n) is 2.59. The molecule has 0 bridgehead atoms. The first-order chi connectivity index (χ1) is 11.3. The van der Waals surface area contributed by atoms with E-state index in [9.17, 15) is 0 Å². The van der Waals surface area contributed by atoms with Crippen LogP contribution in [0.2, 0.25) is 0 Å². The van der Waals surface area contributed by atoms with Gasteiger partial charge in [-0.25, -0.2) is 0 Å². The average Bonchev–Trinajstić information content (AvgIpc) is 3.01. The topological polar surface area (TPSA) is 54.9 Å². The molecule has 1 fully saturated rings. The van der Waals surface area contributed by atoms with Crippen molar-refractivity contribution in [3.05, 3.63) is 0 Å². The van der Waals surface area contributed by atoms with E-state index >= 15 is 0 Å². The van der Waals surface area contributed by atoms with Crippen LogP contribution >= 0.6 is 35.7 Å². The fourth-order valence-corrected chi connectivity index (χ4v) is 3.39. The summed E-state index contributed by atoms with van der Waals surface area (Å²) in [6.45, 7) is 8.65. The van der Waals surface area contributed by atoms with Gasteiger partial charge in [-0.05, 0) is 38.9 Å². The van der Waals surface area contributed by atoms with Crippen molar-refractivity contribution in [2.75, 3.05) is 45.8 Å². The highest BCUT2D eigenvalue weighted by atomic mass is 127. The van der Waals surface area contributed by atoms with E-state index in [0.29, 0.717) is 32.4 Å². The lowest BCUT2D eigenvalue weighted by Crippen LogP contribution is -2.42. The van der Waals surface area contributed by atoms with Gasteiger partial charge in [0.1, 0.15) is 0 Å². The summed E-state index contributed by atoms with van der Waals surface area (Å²) in [6, 6.07) is 0.554. The second-order valence-corrected chi connectivity index (χ2v) is 6.99. The van der Waals surface area contributed by atoms with Crippen molar-refractivity contribution < 1.29 is 9.47 Å². The maximum atomic E-state index is 5.56. The van der Waals surface area contributed by atoms with Gasteiger partial charge in [0.2, 0.25) is 0 Å².